The van der Waals surface area contributed by atoms with Gasteiger partial charge in [-0.3, -0.25) is 9.69 Å². The van der Waals surface area contributed by atoms with Gasteiger partial charge in [-0.2, -0.15) is 23.5 Å². The van der Waals surface area contributed by atoms with E-state index in [2.05, 4.69) is 20.9 Å². The number of thioether (sulfide) groups is 2. The molecule has 0 aromatic carbocycles. The minimum Gasteiger partial charge on any atom is -0.450 e. The number of carbonyl (C=O) groups is 3. The first-order chi connectivity index (χ1) is 17.0. The average Bonchev–Trinajstić information content (AvgIpc) is 3.56. The maximum absolute atomic E-state index is 12.4. The van der Waals surface area contributed by atoms with E-state index >= 15 is 0 Å². The Kier molecular flexibility index (Phi) is 6.73. The zero-order valence-corrected chi connectivity index (χ0v) is 21.8. The van der Waals surface area contributed by atoms with E-state index in [0.717, 1.165) is 56.6 Å². The van der Waals surface area contributed by atoms with Crippen molar-refractivity contribution in [1.29, 1.82) is 0 Å². The Bertz CT molecular complexity index is 916. The van der Waals surface area contributed by atoms with Gasteiger partial charge >= 0.3 is 12.0 Å². The van der Waals surface area contributed by atoms with Gasteiger partial charge in [-0.25, -0.2) is 9.59 Å². The van der Waals surface area contributed by atoms with Crippen LogP contribution in [0.2, 0.25) is 0 Å². The third kappa shape index (κ3) is 4.48. The monoisotopic (exact) mass is 520 g/mol. The number of rotatable bonds is 9. The first kappa shape index (κ1) is 24.0. The molecule has 0 unspecified atom stereocenters. The summed E-state index contributed by atoms with van der Waals surface area (Å²) in [5.74, 6) is 1.86. The van der Waals surface area contributed by atoms with Crippen LogP contribution < -0.4 is 16.0 Å². The number of ether oxygens (including phenoxy) is 1. The minimum atomic E-state index is -0.342. The summed E-state index contributed by atoms with van der Waals surface area (Å²) in [4.78, 5) is 38.6. The van der Waals surface area contributed by atoms with Crippen LogP contribution in [0.15, 0.2) is 11.6 Å². The van der Waals surface area contributed by atoms with Gasteiger partial charge in [0.2, 0.25) is 5.91 Å². The van der Waals surface area contributed by atoms with Crippen molar-refractivity contribution in [2.75, 3.05) is 24.6 Å². The molecule has 5 fully saturated rings. The van der Waals surface area contributed by atoms with Crippen LogP contribution in [0.25, 0.3) is 0 Å². The molecule has 0 aromatic rings. The van der Waals surface area contributed by atoms with Gasteiger partial charge in [-0.15, -0.1) is 0 Å². The van der Waals surface area contributed by atoms with Crippen LogP contribution in [-0.2, 0) is 14.3 Å². The van der Waals surface area contributed by atoms with Gasteiger partial charge in [-0.1, -0.05) is 12.8 Å². The molecule has 2 bridgehead atoms. The lowest BCUT2D eigenvalue weighted by Crippen LogP contribution is -2.48. The molecular formula is C25H36N4O4S2. The number of amides is 3. The van der Waals surface area contributed by atoms with Crippen molar-refractivity contribution in [1.82, 2.24) is 20.9 Å². The maximum atomic E-state index is 12.4. The van der Waals surface area contributed by atoms with E-state index in [1.54, 1.807) is 6.08 Å². The normalized spacial score (nSPS) is 39.3. The molecule has 192 valence electrons. The first-order valence-electron chi connectivity index (χ1n) is 13.3. The lowest BCUT2D eigenvalue weighted by atomic mass is 9.77. The lowest BCUT2D eigenvalue weighted by Gasteiger charge is -2.38. The van der Waals surface area contributed by atoms with Crippen molar-refractivity contribution >= 4 is 41.4 Å². The number of unbranched alkanes of at least 4 members (excludes halogenated alkanes) is 1. The second-order valence-corrected chi connectivity index (χ2v) is 13.5. The predicted molar refractivity (Wildman–Crippen MR) is 137 cm³/mol. The Labute approximate surface area is 215 Å². The van der Waals surface area contributed by atoms with E-state index in [9.17, 15) is 14.4 Å². The summed E-state index contributed by atoms with van der Waals surface area (Å²) < 4.78 is 5.96. The molecule has 3 N–H and O–H groups in total. The standard InChI is InChI=1S/C25H36N4O4S2/c30-21(7-2-1-5-18-23-16(14-35-18)27-24(32)28-23)26-8-10-34-19-11-15-12-22(31)33-25(15)13-17(19)29-9-4-3-6-20(25)29/h12,16-20,23H,1-11,13-14H2,(H,26,30)(H2,27,28,32)/t16-,17-,18-,19-,20+,23-,25-/m0/s1. The summed E-state index contributed by atoms with van der Waals surface area (Å²) >= 11 is 3.88. The Morgan fingerprint density at radius 3 is 3.11 bits per heavy atom. The van der Waals surface area contributed by atoms with Crippen molar-refractivity contribution in [2.45, 2.75) is 98.1 Å². The van der Waals surface area contributed by atoms with Crippen LogP contribution in [0, 0.1) is 0 Å². The smallest absolute Gasteiger partial charge is 0.331 e. The molecule has 1 aliphatic carbocycles. The molecule has 6 rings (SSSR count). The van der Waals surface area contributed by atoms with E-state index in [1.807, 2.05) is 23.5 Å². The van der Waals surface area contributed by atoms with E-state index in [0.29, 0.717) is 35.5 Å². The van der Waals surface area contributed by atoms with E-state index in [1.165, 1.54) is 18.4 Å². The van der Waals surface area contributed by atoms with Crippen molar-refractivity contribution in [2.24, 2.45) is 0 Å². The highest BCUT2D eigenvalue weighted by atomic mass is 32.2. The summed E-state index contributed by atoms with van der Waals surface area (Å²) in [6, 6.07) is 1.30. The van der Waals surface area contributed by atoms with Crippen LogP contribution in [0.3, 0.4) is 0 Å². The van der Waals surface area contributed by atoms with Gasteiger partial charge < -0.3 is 20.7 Å². The van der Waals surface area contributed by atoms with Crippen LogP contribution >= 0.6 is 23.5 Å². The summed E-state index contributed by atoms with van der Waals surface area (Å²) in [5, 5.41) is 10.0. The SMILES string of the molecule is O=C(CCCC[C@@H]1SC[C@@H]2NC(=O)N[C@@H]21)NCCS[C@H]1CC2=CC(=O)O[C@@]23C[C@@H]1N1CCCC[C@@H]13. The van der Waals surface area contributed by atoms with Crippen molar-refractivity contribution in [3.63, 3.8) is 0 Å². The average molecular weight is 521 g/mol. The van der Waals surface area contributed by atoms with Crippen LogP contribution in [0.1, 0.15) is 57.8 Å². The molecule has 5 aliphatic heterocycles. The van der Waals surface area contributed by atoms with Crippen molar-refractivity contribution in [3.8, 4) is 0 Å². The first-order valence-corrected chi connectivity index (χ1v) is 15.4. The molecule has 0 aromatic heterocycles. The number of urea groups is 1. The largest absolute Gasteiger partial charge is 0.450 e. The van der Waals surface area contributed by atoms with Crippen LogP contribution in [0.5, 0.6) is 0 Å². The molecule has 4 saturated heterocycles. The third-order valence-corrected chi connectivity index (χ3v) is 11.7. The summed E-state index contributed by atoms with van der Waals surface area (Å²) in [6.07, 6.45) is 10.7. The zero-order chi connectivity index (χ0) is 24.0. The predicted octanol–water partition coefficient (Wildman–Crippen LogP) is 2.18. The fourth-order valence-corrected chi connectivity index (χ4v) is 10.1. The van der Waals surface area contributed by atoms with Gasteiger partial charge in [0, 0.05) is 53.5 Å². The molecule has 7 atom stereocenters. The number of hydrogen-bond acceptors (Lipinski definition) is 7. The summed E-state index contributed by atoms with van der Waals surface area (Å²) in [6.45, 7) is 1.80. The second kappa shape index (κ2) is 9.82. The van der Waals surface area contributed by atoms with Gasteiger partial charge in [-0.05, 0) is 44.2 Å². The number of nitrogens with zero attached hydrogens (tertiary/aromatic N) is 1. The molecule has 8 nitrogen and oxygen atoms in total. The zero-order valence-electron chi connectivity index (χ0n) is 20.1. The van der Waals surface area contributed by atoms with E-state index in [4.69, 9.17) is 4.74 Å². The Hall–Kier alpha value is -1.39. The molecule has 0 radical (unpaired) electrons. The topological polar surface area (TPSA) is 99.8 Å². The lowest BCUT2D eigenvalue weighted by molar-refractivity contribution is -0.148. The second-order valence-electron chi connectivity index (χ2n) is 10.8. The Morgan fingerprint density at radius 2 is 2.20 bits per heavy atom. The molecule has 5 heterocycles. The number of fused-ring (bicyclic) bond motifs is 4. The fourth-order valence-electron chi connectivity index (χ4n) is 7.27. The number of carbonyl (C=O) groups excluding carboxylic acids is 3. The fraction of sp³-hybridized carbons (Fsp3) is 0.800. The van der Waals surface area contributed by atoms with Gasteiger partial charge in [0.15, 0.2) is 5.60 Å². The number of esters is 1. The minimum absolute atomic E-state index is 0.0411. The van der Waals surface area contributed by atoms with E-state index in [-0.39, 0.29) is 35.6 Å². The Balaban J connectivity index is 0.910. The number of nitrogens with one attached hydrogen (secondary N) is 3. The molecule has 3 amide bonds. The maximum Gasteiger partial charge on any atom is 0.331 e. The summed E-state index contributed by atoms with van der Waals surface area (Å²) in [7, 11) is 0. The number of piperidine rings is 1. The van der Waals surface area contributed by atoms with Crippen LogP contribution in [0.4, 0.5) is 4.79 Å². The molecule has 6 aliphatic rings. The van der Waals surface area contributed by atoms with Crippen molar-refractivity contribution in [3.05, 3.63) is 11.6 Å². The third-order valence-electron chi connectivity index (χ3n) is 8.83. The highest BCUT2D eigenvalue weighted by Gasteiger charge is 2.63. The van der Waals surface area contributed by atoms with E-state index < -0.39 is 0 Å². The Morgan fingerprint density at radius 1 is 1.29 bits per heavy atom. The van der Waals surface area contributed by atoms with Gasteiger partial charge in [0.05, 0.1) is 18.1 Å². The van der Waals surface area contributed by atoms with Crippen molar-refractivity contribution < 1.29 is 19.1 Å². The highest BCUT2D eigenvalue weighted by molar-refractivity contribution is 8.00. The number of hydrogen-bond donors (Lipinski definition) is 3. The highest BCUT2D eigenvalue weighted by Crippen LogP contribution is 2.55. The molecule has 1 saturated carbocycles. The molecule has 1 spiro atoms. The summed E-state index contributed by atoms with van der Waals surface area (Å²) in [5.41, 5.74) is 0.875. The van der Waals surface area contributed by atoms with Gasteiger partial charge in [0.1, 0.15) is 0 Å². The molecular weight excluding hydrogens is 484 g/mol. The van der Waals surface area contributed by atoms with Gasteiger partial charge in [0.25, 0.3) is 0 Å². The van der Waals surface area contributed by atoms with Crippen LogP contribution in [-0.4, -0.2) is 87.7 Å². The quantitative estimate of drug-likeness (QED) is 0.243. The molecule has 10 heteroatoms. The molecule has 35 heavy (non-hydrogen) atoms.